The van der Waals surface area contributed by atoms with E-state index in [1.54, 1.807) is 32.9 Å². The SMILES string of the molecule is COc1c(C)cc(N(C)C(=O)C(C)(C)N)cc1C. The highest BCUT2D eigenvalue weighted by molar-refractivity contribution is 5.99. The zero-order valence-electron chi connectivity index (χ0n) is 12.0. The first-order valence-corrected chi connectivity index (χ1v) is 5.90. The summed E-state index contributed by atoms with van der Waals surface area (Å²) in [7, 11) is 3.38. The van der Waals surface area contributed by atoms with Crippen LogP contribution in [0.4, 0.5) is 5.69 Å². The van der Waals surface area contributed by atoms with Crippen molar-refractivity contribution in [3.63, 3.8) is 0 Å². The molecule has 0 aliphatic carbocycles. The highest BCUT2D eigenvalue weighted by Gasteiger charge is 2.26. The van der Waals surface area contributed by atoms with Crippen LogP contribution in [0.3, 0.4) is 0 Å². The van der Waals surface area contributed by atoms with Gasteiger partial charge in [0.15, 0.2) is 0 Å². The lowest BCUT2D eigenvalue weighted by atomic mass is 10.0. The second-order valence-electron chi connectivity index (χ2n) is 5.20. The van der Waals surface area contributed by atoms with Gasteiger partial charge in [0.05, 0.1) is 12.6 Å². The van der Waals surface area contributed by atoms with Crippen LogP contribution in [0.5, 0.6) is 5.75 Å². The van der Waals surface area contributed by atoms with Crippen LogP contribution >= 0.6 is 0 Å². The largest absolute Gasteiger partial charge is 0.496 e. The van der Waals surface area contributed by atoms with Crippen LogP contribution in [0.1, 0.15) is 25.0 Å². The number of carbonyl (C=O) groups excluding carboxylic acids is 1. The van der Waals surface area contributed by atoms with Crippen molar-refractivity contribution in [2.45, 2.75) is 33.2 Å². The molecule has 0 unspecified atom stereocenters. The number of likely N-dealkylation sites (N-methyl/N-ethyl adjacent to an activating group) is 1. The van der Waals surface area contributed by atoms with E-state index in [-0.39, 0.29) is 5.91 Å². The van der Waals surface area contributed by atoms with Gasteiger partial charge < -0.3 is 15.4 Å². The number of amides is 1. The molecule has 4 heteroatoms. The van der Waals surface area contributed by atoms with Crippen molar-refractivity contribution < 1.29 is 9.53 Å². The van der Waals surface area contributed by atoms with E-state index in [1.165, 1.54) is 0 Å². The van der Waals surface area contributed by atoms with Gasteiger partial charge >= 0.3 is 0 Å². The molecule has 4 nitrogen and oxygen atoms in total. The molecular weight excluding hydrogens is 228 g/mol. The normalized spacial score (nSPS) is 11.3. The Hall–Kier alpha value is -1.55. The second kappa shape index (κ2) is 4.98. The number of carbonyl (C=O) groups is 1. The molecule has 0 saturated heterocycles. The zero-order valence-corrected chi connectivity index (χ0v) is 12.0. The maximum atomic E-state index is 12.1. The molecule has 0 aliphatic rings. The molecule has 0 saturated carbocycles. The number of anilines is 1. The number of ether oxygens (including phenoxy) is 1. The molecule has 0 aromatic heterocycles. The van der Waals surface area contributed by atoms with Crippen LogP contribution < -0.4 is 15.4 Å². The van der Waals surface area contributed by atoms with Crippen LogP contribution in [0.2, 0.25) is 0 Å². The summed E-state index contributed by atoms with van der Waals surface area (Å²) in [5, 5.41) is 0. The molecule has 0 atom stereocenters. The number of hydrogen-bond acceptors (Lipinski definition) is 3. The minimum atomic E-state index is -0.878. The molecule has 1 aromatic rings. The first-order chi connectivity index (χ1) is 8.18. The van der Waals surface area contributed by atoms with Gasteiger partial charge in [0.25, 0.3) is 0 Å². The molecule has 0 fully saturated rings. The summed E-state index contributed by atoms with van der Waals surface area (Å²) in [6.07, 6.45) is 0. The minimum absolute atomic E-state index is 0.119. The van der Waals surface area contributed by atoms with Crippen molar-refractivity contribution in [3.8, 4) is 5.75 Å². The summed E-state index contributed by atoms with van der Waals surface area (Å²) < 4.78 is 5.31. The van der Waals surface area contributed by atoms with Crippen molar-refractivity contribution >= 4 is 11.6 Å². The molecule has 0 heterocycles. The summed E-state index contributed by atoms with van der Waals surface area (Å²) in [4.78, 5) is 13.7. The Morgan fingerprint density at radius 1 is 1.28 bits per heavy atom. The Kier molecular flexibility index (Phi) is 4.02. The molecule has 18 heavy (non-hydrogen) atoms. The first kappa shape index (κ1) is 14.5. The van der Waals surface area contributed by atoms with Gasteiger partial charge in [0.1, 0.15) is 5.75 Å². The minimum Gasteiger partial charge on any atom is -0.496 e. The van der Waals surface area contributed by atoms with Gasteiger partial charge in [-0.05, 0) is 51.0 Å². The summed E-state index contributed by atoms with van der Waals surface area (Å²) in [5.74, 6) is 0.734. The Morgan fingerprint density at radius 3 is 2.06 bits per heavy atom. The van der Waals surface area contributed by atoms with Crippen molar-refractivity contribution in [2.24, 2.45) is 5.73 Å². The topological polar surface area (TPSA) is 55.6 Å². The first-order valence-electron chi connectivity index (χ1n) is 5.90. The van der Waals surface area contributed by atoms with Gasteiger partial charge in [-0.3, -0.25) is 4.79 Å². The molecule has 1 aromatic carbocycles. The van der Waals surface area contributed by atoms with Gasteiger partial charge in [-0.15, -0.1) is 0 Å². The lowest BCUT2D eigenvalue weighted by Gasteiger charge is -2.27. The fraction of sp³-hybridized carbons (Fsp3) is 0.500. The monoisotopic (exact) mass is 250 g/mol. The third kappa shape index (κ3) is 2.82. The molecule has 100 valence electrons. The highest BCUT2D eigenvalue weighted by Crippen LogP contribution is 2.28. The third-order valence-corrected chi connectivity index (χ3v) is 2.89. The van der Waals surface area contributed by atoms with Crippen LogP contribution in [0, 0.1) is 13.8 Å². The van der Waals surface area contributed by atoms with E-state index in [4.69, 9.17) is 10.5 Å². The average Bonchev–Trinajstić information content (AvgIpc) is 2.25. The van der Waals surface area contributed by atoms with Gasteiger partial charge in [-0.2, -0.15) is 0 Å². The summed E-state index contributed by atoms with van der Waals surface area (Å²) in [6, 6.07) is 3.85. The predicted molar refractivity (Wildman–Crippen MR) is 74.1 cm³/mol. The van der Waals surface area contributed by atoms with Gasteiger partial charge in [-0.25, -0.2) is 0 Å². The molecular formula is C14H22N2O2. The van der Waals surface area contributed by atoms with E-state index in [1.807, 2.05) is 26.0 Å². The van der Waals surface area contributed by atoms with Gasteiger partial charge in [0, 0.05) is 12.7 Å². The van der Waals surface area contributed by atoms with Crippen LogP contribution in [0.25, 0.3) is 0 Å². The Morgan fingerprint density at radius 2 is 1.72 bits per heavy atom. The quantitative estimate of drug-likeness (QED) is 0.892. The van der Waals surface area contributed by atoms with Crippen LogP contribution in [0.15, 0.2) is 12.1 Å². The number of nitrogens with zero attached hydrogens (tertiary/aromatic N) is 1. The maximum absolute atomic E-state index is 12.1. The summed E-state index contributed by atoms with van der Waals surface area (Å²) in [5.41, 5.74) is 7.79. The zero-order chi connectivity index (χ0) is 14.1. The molecule has 0 radical (unpaired) electrons. The van der Waals surface area contributed by atoms with E-state index < -0.39 is 5.54 Å². The number of benzene rings is 1. The van der Waals surface area contributed by atoms with Crippen molar-refractivity contribution in [1.29, 1.82) is 0 Å². The third-order valence-electron chi connectivity index (χ3n) is 2.89. The van der Waals surface area contributed by atoms with E-state index in [2.05, 4.69) is 0 Å². The van der Waals surface area contributed by atoms with E-state index in [0.29, 0.717) is 0 Å². The van der Waals surface area contributed by atoms with Crippen molar-refractivity contribution in [3.05, 3.63) is 23.3 Å². The predicted octanol–water partition coefficient (Wildman–Crippen LogP) is 2.01. The molecule has 2 N–H and O–H groups in total. The summed E-state index contributed by atoms with van der Waals surface area (Å²) >= 11 is 0. The number of nitrogens with two attached hydrogens (primary N) is 1. The Labute approximate surface area is 109 Å². The van der Waals surface area contributed by atoms with Gasteiger partial charge in [0.2, 0.25) is 5.91 Å². The smallest absolute Gasteiger partial charge is 0.246 e. The number of hydrogen-bond donors (Lipinski definition) is 1. The molecule has 0 aliphatic heterocycles. The lowest BCUT2D eigenvalue weighted by molar-refractivity contribution is -0.122. The summed E-state index contributed by atoms with van der Waals surface area (Å²) in [6.45, 7) is 7.33. The van der Waals surface area contributed by atoms with Crippen molar-refractivity contribution in [1.82, 2.24) is 0 Å². The lowest BCUT2D eigenvalue weighted by Crippen LogP contribution is -2.50. The van der Waals surface area contributed by atoms with Gasteiger partial charge in [-0.1, -0.05) is 0 Å². The number of methoxy groups -OCH3 is 1. The van der Waals surface area contributed by atoms with Crippen LogP contribution in [-0.2, 0) is 4.79 Å². The molecule has 1 rings (SSSR count). The fourth-order valence-electron chi connectivity index (χ4n) is 1.99. The molecule has 0 bridgehead atoms. The molecule has 0 spiro atoms. The number of aryl methyl sites for hydroxylation is 2. The standard InChI is InChI=1S/C14H22N2O2/c1-9-7-11(8-10(2)12(9)18-6)16(5)13(17)14(3,4)15/h7-8H,15H2,1-6H3. The van der Waals surface area contributed by atoms with E-state index >= 15 is 0 Å². The average molecular weight is 250 g/mol. The Balaban J connectivity index is 3.16. The van der Waals surface area contributed by atoms with Crippen LogP contribution in [-0.4, -0.2) is 25.6 Å². The van der Waals surface area contributed by atoms with E-state index in [9.17, 15) is 4.79 Å². The van der Waals surface area contributed by atoms with Crippen molar-refractivity contribution in [2.75, 3.05) is 19.1 Å². The fourth-order valence-corrected chi connectivity index (χ4v) is 1.99. The second-order valence-corrected chi connectivity index (χ2v) is 5.20. The maximum Gasteiger partial charge on any atom is 0.246 e. The van der Waals surface area contributed by atoms with E-state index in [0.717, 1.165) is 22.6 Å². The Bertz CT molecular complexity index is 438. The number of rotatable bonds is 3. The highest BCUT2D eigenvalue weighted by atomic mass is 16.5. The molecule has 1 amide bonds.